The van der Waals surface area contributed by atoms with Gasteiger partial charge in [0.2, 0.25) is 5.91 Å². The molecule has 1 aromatic heterocycles. The van der Waals surface area contributed by atoms with Gasteiger partial charge in [-0.25, -0.2) is 9.97 Å². The fraction of sp³-hybridized carbons (Fsp3) is 0.143. The molecule has 30 heavy (non-hydrogen) atoms. The molecule has 3 rings (SSSR count). The average molecular weight is 431 g/mol. The van der Waals surface area contributed by atoms with E-state index in [1.165, 1.54) is 13.0 Å². The number of nitrogens with one attached hydrogen (secondary N) is 1. The molecule has 2 aromatic carbocycles. The smallest absolute Gasteiger partial charge is 0.325 e. The number of aromatic nitrogens is 2. The number of benzene rings is 2. The normalized spacial score (nSPS) is 12.3. The molecule has 0 saturated carbocycles. The Balaban J connectivity index is 1.89. The topological polar surface area (TPSA) is 72.0 Å². The maximum Gasteiger partial charge on any atom is 0.433 e. The van der Waals surface area contributed by atoms with E-state index in [1.807, 2.05) is 0 Å². The first-order valence-corrected chi connectivity index (χ1v) is 9.66. The number of carbonyl (C=O) groups is 2. The summed E-state index contributed by atoms with van der Waals surface area (Å²) in [5.74, 6) is -0.634. The molecule has 0 fully saturated rings. The van der Waals surface area contributed by atoms with Crippen molar-refractivity contribution in [2.24, 2.45) is 0 Å². The number of hydrogen-bond acceptors (Lipinski definition) is 5. The van der Waals surface area contributed by atoms with Crippen molar-refractivity contribution >= 4 is 29.1 Å². The van der Waals surface area contributed by atoms with E-state index in [1.54, 1.807) is 48.5 Å². The van der Waals surface area contributed by atoms with E-state index >= 15 is 0 Å². The number of Topliss-reactive ketones (excluding diaryl/α,β-unsaturated/α-hetero) is 1. The standard InChI is InChI=1S/C21H16F3N3O2S/c1-13(28)15-8-5-9-16(12-15)26-19(29)18(14-6-3-2-4-7-14)30-20-25-11-10-17(27-20)21(22,23)24/h2-12,18H,1H3,(H,26,29)/t18-/m1/s1. The van der Waals surface area contributed by atoms with Crippen molar-refractivity contribution in [2.75, 3.05) is 5.32 Å². The van der Waals surface area contributed by atoms with Gasteiger partial charge in [0.25, 0.3) is 0 Å². The van der Waals surface area contributed by atoms with Crippen molar-refractivity contribution in [3.05, 3.63) is 83.7 Å². The summed E-state index contributed by atoms with van der Waals surface area (Å²) in [6, 6.07) is 15.8. The van der Waals surface area contributed by atoms with Gasteiger partial charge in [-0.1, -0.05) is 54.2 Å². The van der Waals surface area contributed by atoms with Crippen LogP contribution in [-0.2, 0) is 11.0 Å². The van der Waals surface area contributed by atoms with E-state index in [9.17, 15) is 22.8 Å². The zero-order valence-electron chi connectivity index (χ0n) is 15.7. The second-order valence-corrected chi connectivity index (χ2v) is 7.33. The summed E-state index contributed by atoms with van der Waals surface area (Å²) in [4.78, 5) is 32.0. The molecular formula is C21H16F3N3O2S. The zero-order chi connectivity index (χ0) is 21.7. The maximum absolute atomic E-state index is 13.0. The van der Waals surface area contributed by atoms with Crippen molar-refractivity contribution in [1.82, 2.24) is 9.97 Å². The van der Waals surface area contributed by atoms with Gasteiger partial charge in [0, 0.05) is 17.4 Å². The van der Waals surface area contributed by atoms with E-state index in [0.29, 0.717) is 16.8 Å². The lowest BCUT2D eigenvalue weighted by Gasteiger charge is -2.17. The summed E-state index contributed by atoms with van der Waals surface area (Å²) in [7, 11) is 0. The molecule has 0 unspecified atom stereocenters. The number of anilines is 1. The van der Waals surface area contributed by atoms with Crippen molar-refractivity contribution in [2.45, 2.75) is 23.5 Å². The second kappa shape index (κ2) is 9.08. The summed E-state index contributed by atoms with van der Waals surface area (Å²) in [5.41, 5.74) is 0.322. The number of amides is 1. The number of rotatable bonds is 6. The van der Waals surface area contributed by atoms with Crippen molar-refractivity contribution in [1.29, 1.82) is 0 Å². The SMILES string of the molecule is CC(=O)c1cccc(NC(=O)[C@H](Sc2nccc(C(F)(F)F)n2)c2ccccc2)c1. The van der Waals surface area contributed by atoms with Gasteiger partial charge in [-0.3, -0.25) is 9.59 Å². The minimum absolute atomic E-state index is 0.155. The van der Waals surface area contributed by atoms with Crippen LogP contribution in [0.25, 0.3) is 0 Å². The van der Waals surface area contributed by atoms with Gasteiger partial charge in [0.1, 0.15) is 10.9 Å². The van der Waals surface area contributed by atoms with Crippen LogP contribution in [0.15, 0.2) is 72.0 Å². The van der Waals surface area contributed by atoms with Crippen LogP contribution < -0.4 is 5.32 Å². The molecule has 5 nitrogen and oxygen atoms in total. The molecule has 0 bridgehead atoms. The molecule has 1 atom stereocenters. The first-order chi connectivity index (χ1) is 14.2. The van der Waals surface area contributed by atoms with Crippen molar-refractivity contribution < 1.29 is 22.8 Å². The molecule has 0 saturated heterocycles. The highest BCUT2D eigenvalue weighted by molar-refractivity contribution is 8.00. The third-order valence-electron chi connectivity index (χ3n) is 4.02. The number of alkyl halides is 3. The number of nitrogens with zero attached hydrogens (tertiary/aromatic N) is 2. The molecule has 9 heteroatoms. The number of carbonyl (C=O) groups excluding carboxylic acids is 2. The minimum atomic E-state index is -4.62. The van der Waals surface area contributed by atoms with E-state index in [2.05, 4.69) is 15.3 Å². The Morgan fingerprint density at radius 1 is 1.03 bits per heavy atom. The molecule has 154 valence electrons. The molecule has 0 aliphatic heterocycles. The predicted molar refractivity (Wildman–Crippen MR) is 107 cm³/mol. The Morgan fingerprint density at radius 3 is 2.43 bits per heavy atom. The molecule has 3 aromatic rings. The zero-order valence-corrected chi connectivity index (χ0v) is 16.5. The van der Waals surface area contributed by atoms with E-state index in [0.717, 1.165) is 24.0 Å². The van der Waals surface area contributed by atoms with Gasteiger partial charge in [-0.05, 0) is 30.7 Å². The molecule has 0 aliphatic rings. The van der Waals surface area contributed by atoms with E-state index in [4.69, 9.17) is 0 Å². The molecule has 1 N–H and O–H groups in total. The van der Waals surface area contributed by atoms with Gasteiger partial charge < -0.3 is 5.32 Å². The quantitative estimate of drug-likeness (QED) is 0.331. The van der Waals surface area contributed by atoms with Gasteiger partial charge >= 0.3 is 6.18 Å². The highest BCUT2D eigenvalue weighted by Crippen LogP contribution is 2.36. The van der Waals surface area contributed by atoms with Crippen LogP contribution in [0.2, 0.25) is 0 Å². The second-order valence-electron chi connectivity index (χ2n) is 6.26. The number of halogens is 3. The summed E-state index contributed by atoms with van der Waals surface area (Å²) >= 11 is 0.809. The predicted octanol–water partition coefficient (Wildman–Crippen LogP) is 5.17. The first-order valence-electron chi connectivity index (χ1n) is 8.78. The van der Waals surface area contributed by atoms with Gasteiger partial charge in [-0.2, -0.15) is 13.2 Å². The summed E-state index contributed by atoms with van der Waals surface area (Å²) in [6.45, 7) is 1.41. The largest absolute Gasteiger partial charge is 0.433 e. The number of hydrogen-bond donors (Lipinski definition) is 1. The lowest BCUT2D eigenvalue weighted by Crippen LogP contribution is -2.20. The minimum Gasteiger partial charge on any atom is -0.325 e. The van der Waals surface area contributed by atoms with Gasteiger partial charge in [0.15, 0.2) is 10.9 Å². The Labute approximate surface area is 174 Å². The van der Waals surface area contributed by atoms with Crippen LogP contribution in [0.3, 0.4) is 0 Å². The molecule has 0 radical (unpaired) electrons. The van der Waals surface area contributed by atoms with Gasteiger partial charge in [0.05, 0.1) is 0 Å². The third-order valence-corrected chi connectivity index (χ3v) is 5.15. The summed E-state index contributed by atoms with van der Waals surface area (Å²) in [5, 5.41) is 1.63. The van der Waals surface area contributed by atoms with Crippen LogP contribution in [0.4, 0.5) is 18.9 Å². The number of thioether (sulfide) groups is 1. The van der Waals surface area contributed by atoms with Crippen LogP contribution >= 0.6 is 11.8 Å². The Hall–Kier alpha value is -3.20. The first kappa shape index (κ1) is 21.5. The monoisotopic (exact) mass is 431 g/mol. The lowest BCUT2D eigenvalue weighted by atomic mass is 10.1. The summed E-state index contributed by atoms with van der Waals surface area (Å²) in [6.07, 6.45) is -3.61. The molecular weight excluding hydrogens is 415 g/mol. The van der Waals surface area contributed by atoms with E-state index < -0.39 is 23.0 Å². The highest BCUT2D eigenvalue weighted by Gasteiger charge is 2.33. The van der Waals surface area contributed by atoms with Crippen LogP contribution in [0.1, 0.15) is 33.8 Å². The van der Waals surface area contributed by atoms with Crippen LogP contribution in [0.5, 0.6) is 0 Å². The highest BCUT2D eigenvalue weighted by atomic mass is 32.2. The summed E-state index contributed by atoms with van der Waals surface area (Å²) < 4.78 is 38.9. The van der Waals surface area contributed by atoms with Crippen LogP contribution in [0, 0.1) is 0 Å². The van der Waals surface area contributed by atoms with Crippen molar-refractivity contribution in [3.8, 4) is 0 Å². The average Bonchev–Trinajstić information content (AvgIpc) is 2.72. The molecule has 0 spiro atoms. The lowest BCUT2D eigenvalue weighted by molar-refractivity contribution is -0.141. The van der Waals surface area contributed by atoms with Crippen LogP contribution in [-0.4, -0.2) is 21.7 Å². The Bertz CT molecular complexity index is 1060. The molecule has 1 heterocycles. The van der Waals surface area contributed by atoms with Gasteiger partial charge in [-0.15, -0.1) is 0 Å². The Morgan fingerprint density at radius 2 is 1.77 bits per heavy atom. The van der Waals surface area contributed by atoms with E-state index in [-0.39, 0.29) is 10.9 Å². The fourth-order valence-electron chi connectivity index (χ4n) is 2.59. The Kier molecular flexibility index (Phi) is 6.51. The maximum atomic E-state index is 13.0. The molecule has 0 aliphatic carbocycles. The third kappa shape index (κ3) is 5.44. The number of ketones is 1. The fourth-order valence-corrected chi connectivity index (χ4v) is 3.53. The molecule has 1 amide bonds. The van der Waals surface area contributed by atoms with Crippen molar-refractivity contribution in [3.63, 3.8) is 0 Å².